The molecule has 3 aromatic rings. The Balaban J connectivity index is 2.06. The summed E-state index contributed by atoms with van der Waals surface area (Å²) in [5.41, 5.74) is 2.97. The zero-order chi connectivity index (χ0) is 17.8. The minimum atomic E-state index is 0.440. The van der Waals surface area contributed by atoms with E-state index in [2.05, 4.69) is 32.0 Å². The Morgan fingerprint density at radius 1 is 1.36 bits per heavy atom. The largest absolute Gasteiger partial charge is 0.492 e. The smallest absolute Gasteiger partial charge is 0.174 e. The normalized spacial score (nSPS) is 11.4. The van der Waals surface area contributed by atoms with Gasteiger partial charge in [0.15, 0.2) is 11.5 Å². The number of allylic oxidation sites excluding steroid dienone is 1. The molecule has 2 aromatic carbocycles. The standard InChI is InChI=1S/C19H16BrN3O2/c1-3-25-17-10-12(9-14(20)18(17)24-2)8-13(11-21)19-22-15-6-4-5-7-16(15)23-19/h4-10H,3H2,1-2H3,(H,22,23). The van der Waals surface area contributed by atoms with Crippen molar-refractivity contribution in [3.8, 4) is 17.6 Å². The SMILES string of the molecule is CCOc1cc(C=C(C#N)c2nc3ccccc3[nH]2)cc(Br)c1OC. The highest BCUT2D eigenvalue weighted by atomic mass is 79.9. The van der Waals surface area contributed by atoms with Crippen LogP contribution in [0.25, 0.3) is 22.7 Å². The molecule has 1 N–H and O–H groups in total. The van der Waals surface area contributed by atoms with Gasteiger partial charge < -0.3 is 14.5 Å². The number of aromatic amines is 1. The number of halogens is 1. The van der Waals surface area contributed by atoms with Crippen LogP contribution in [-0.2, 0) is 0 Å². The van der Waals surface area contributed by atoms with Crippen LogP contribution in [-0.4, -0.2) is 23.7 Å². The molecule has 0 atom stereocenters. The van der Waals surface area contributed by atoms with Gasteiger partial charge in [-0.3, -0.25) is 0 Å². The number of nitrogens with one attached hydrogen (secondary N) is 1. The fourth-order valence-electron chi connectivity index (χ4n) is 2.53. The lowest BCUT2D eigenvalue weighted by Crippen LogP contribution is -1.97. The lowest BCUT2D eigenvalue weighted by atomic mass is 10.1. The first-order chi connectivity index (χ1) is 12.2. The summed E-state index contributed by atoms with van der Waals surface area (Å²) in [6.07, 6.45) is 1.77. The Hall–Kier alpha value is -2.78. The molecule has 0 saturated carbocycles. The van der Waals surface area contributed by atoms with Crippen molar-refractivity contribution in [2.75, 3.05) is 13.7 Å². The molecule has 6 heteroatoms. The van der Waals surface area contributed by atoms with Crippen LogP contribution in [0.2, 0.25) is 0 Å². The van der Waals surface area contributed by atoms with Gasteiger partial charge in [-0.05, 0) is 58.8 Å². The maximum atomic E-state index is 9.56. The summed E-state index contributed by atoms with van der Waals surface area (Å²) < 4.78 is 11.7. The van der Waals surface area contributed by atoms with Crippen LogP contribution in [0, 0.1) is 11.3 Å². The topological polar surface area (TPSA) is 70.9 Å². The average Bonchev–Trinajstić information content (AvgIpc) is 3.03. The monoisotopic (exact) mass is 397 g/mol. The first kappa shape index (κ1) is 17.1. The molecule has 0 aliphatic heterocycles. The van der Waals surface area contributed by atoms with Crippen LogP contribution in [0.5, 0.6) is 11.5 Å². The summed E-state index contributed by atoms with van der Waals surface area (Å²) in [5, 5.41) is 9.56. The van der Waals surface area contributed by atoms with E-state index >= 15 is 0 Å². The third kappa shape index (κ3) is 3.52. The first-order valence-corrected chi connectivity index (χ1v) is 8.52. The Labute approximate surface area is 154 Å². The molecule has 25 heavy (non-hydrogen) atoms. The van der Waals surface area contributed by atoms with Crippen LogP contribution < -0.4 is 9.47 Å². The molecule has 1 aromatic heterocycles. The van der Waals surface area contributed by atoms with E-state index < -0.39 is 0 Å². The van der Waals surface area contributed by atoms with Gasteiger partial charge in [0.2, 0.25) is 0 Å². The molecule has 0 saturated heterocycles. The van der Waals surface area contributed by atoms with Crippen molar-refractivity contribution in [1.29, 1.82) is 5.26 Å². The van der Waals surface area contributed by atoms with Gasteiger partial charge in [0, 0.05) is 0 Å². The lowest BCUT2D eigenvalue weighted by molar-refractivity contribution is 0.310. The van der Waals surface area contributed by atoms with Crippen LogP contribution in [0.4, 0.5) is 0 Å². The summed E-state index contributed by atoms with van der Waals surface area (Å²) in [6, 6.07) is 13.6. The van der Waals surface area contributed by atoms with Crippen molar-refractivity contribution in [3.05, 3.63) is 52.3 Å². The molecule has 126 valence electrons. The van der Waals surface area contributed by atoms with E-state index in [9.17, 15) is 5.26 Å². The second kappa shape index (κ2) is 7.41. The molecule has 0 spiro atoms. The molecular formula is C19H16BrN3O2. The second-order valence-corrected chi connectivity index (χ2v) is 6.09. The molecule has 1 heterocycles. The number of rotatable bonds is 5. The van der Waals surface area contributed by atoms with Crippen molar-refractivity contribution in [1.82, 2.24) is 9.97 Å². The summed E-state index contributed by atoms with van der Waals surface area (Å²) >= 11 is 3.48. The minimum absolute atomic E-state index is 0.440. The number of para-hydroxylation sites is 2. The number of ether oxygens (including phenoxy) is 2. The molecule has 5 nitrogen and oxygen atoms in total. The number of methoxy groups -OCH3 is 1. The molecule has 0 unspecified atom stereocenters. The van der Waals surface area contributed by atoms with Gasteiger partial charge in [-0.1, -0.05) is 12.1 Å². The Bertz CT molecular complexity index is 953. The number of hydrogen-bond donors (Lipinski definition) is 1. The molecule has 0 bridgehead atoms. The van der Waals surface area contributed by atoms with E-state index in [0.717, 1.165) is 21.1 Å². The van der Waals surface area contributed by atoms with E-state index in [-0.39, 0.29) is 0 Å². The number of H-pyrrole nitrogens is 1. The number of nitrogens with zero attached hydrogens (tertiary/aromatic N) is 2. The van der Waals surface area contributed by atoms with E-state index in [1.165, 1.54) is 0 Å². The molecule has 0 aliphatic rings. The van der Waals surface area contributed by atoms with Gasteiger partial charge in [0.1, 0.15) is 11.9 Å². The van der Waals surface area contributed by atoms with E-state index in [1.807, 2.05) is 43.3 Å². The Morgan fingerprint density at radius 3 is 2.84 bits per heavy atom. The zero-order valence-electron chi connectivity index (χ0n) is 13.8. The van der Waals surface area contributed by atoms with Crippen molar-refractivity contribution in [2.45, 2.75) is 6.92 Å². The number of fused-ring (bicyclic) bond motifs is 1. The highest BCUT2D eigenvalue weighted by Crippen LogP contribution is 2.37. The van der Waals surface area contributed by atoms with Crippen LogP contribution in [0.1, 0.15) is 18.3 Å². The van der Waals surface area contributed by atoms with Gasteiger partial charge in [0.25, 0.3) is 0 Å². The number of nitriles is 1. The average molecular weight is 398 g/mol. The summed E-state index contributed by atoms with van der Waals surface area (Å²) in [6.45, 7) is 2.43. The number of benzene rings is 2. The second-order valence-electron chi connectivity index (χ2n) is 5.24. The number of imidazole rings is 1. The summed E-state index contributed by atoms with van der Waals surface area (Å²) in [5.74, 6) is 1.78. The zero-order valence-corrected chi connectivity index (χ0v) is 15.4. The van der Waals surface area contributed by atoms with Crippen molar-refractivity contribution < 1.29 is 9.47 Å². The van der Waals surface area contributed by atoms with E-state index in [4.69, 9.17) is 9.47 Å². The third-order valence-electron chi connectivity index (χ3n) is 3.61. The molecule has 0 amide bonds. The Morgan fingerprint density at radius 2 is 2.16 bits per heavy atom. The number of aromatic nitrogens is 2. The van der Waals surface area contributed by atoms with Crippen molar-refractivity contribution >= 4 is 38.6 Å². The highest BCUT2D eigenvalue weighted by molar-refractivity contribution is 9.10. The van der Waals surface area contributed by atoms with Crippen LogP contribution in [0.15, 0.2) is 40.9 Å². The fourth-order valence-corrected chi connectivity index (χ4v) is 3.15. The third-order valence-corrected chi connectivity index (χ3v) is 4.20. The van der Waals surface area contributed by atoms with Gasteiger partial charge in [0.05, 0.1) is 34.8 Å². The quantitative estimate of drug-likeness (QED) is 0.627. The molecule has 3 rings (SSSR count). The lowest BCUT2D eigenvalue weighted by Gasteiger charge is -2.12. The van der Waals surface area contributed by atoms with E-state index in [0.29, 0.717) is 29.5 Å². The predicted molar refractivity (Wildman–Crippen MR) is 101 cm³/mol. The fraction of sp³-hybridized carbons (Fsp3) is 0.158. The molecule has 0 radical (unpaired) electrons. The Kier molecular flexibility index (Phi) is 5.05. The first-order valence-electron chi connectivity index (χ1n) is 7.73. The molecule has 0 fully saturated rings. The van der Waals surface area contributed by atoms with Gasteiger partial charge in [-0.15, -0.1) is 0 Å². The van der Waals surface area contributed by atoms with Gasteiger partial charge in [-0.25, -0.2) is 4.98 Å². The molecule has 0 aliphatic carbocycles. The van der Waals surface area contributed by atoms with Crippen molar-refractivity contribution in [3.63, 3.8) is 0 Å². The summed E-state index contributed by atoms with van der Waals surface area (Å²) in [4.78, 5) is 7.66. The minimum Gasteiger partial charge on any atom is -0.492 e. The van der Waals surface area contributed by atoms with E-state index in [1.54, 1.807) is 13.2 Å². The highest BCUT2D eigenvalue weighted by Gasteiger charge is 2.12. The maximum Gasteiger partial charge on any atom is 0.174 e. The van der Waals surface area contributed by atoms with Crippen LogP contribution in [0.3, 0.4) is 0 Å². The molecular weight excluding hydrogens is 382 g/mol. The van der Waals surface area contributed by atoms with Gasteiger partial charge in [-0.2, -0.15) is 5.26 Å². The van der Waals surface area contributed by atoms with Gasteiger partial charge >= 0.3 is 0 Å². The summed E-state index contributed by atoms with van der Waals surface area (Å²) in [7, 11) is 1.59. The predicted octanol–water partition coefficient (Wildman–Crippen LogP) is 4.80. The van der Waals surface area contributed by atoms with Crippen LogP contribution >= 0.6 is 15.9 Å². The maximum absolute atomic E-state index is 9.56. The van der Waals surface area contributed by atoms with Crippen molar-refractivity contribution in [2.24, 2.45) is 0 Å². The number of hydrogen-bond acceptors (Lipinski definition) is 4.